The van der Waals surface area contributed by atoms with Gasteiger partial charge in [-0.25, -0.2) is 9.78 Å². The minimum Gasteiger partial charge on any atom is -0.275 e. The SMILES string of the molecule is CC(C)C(C)(C)OOC(C)(CCCN1C(=O)C=CC1=O)OOC(C)(C)C(C)C. The number of imide groups is 1. The number of carbonyl (C=O) groups excluding carboxylic acids is 2. The van der Waals surface area contributed by atoms with E-state index in [9.17, 15) is 9.59 Å². The van der Waals surface area contributed by atoms with E-state index in [1.165, 1.54) is 17.1 Å². The number of hydrogen-bond acceptors (Lipinski definition) is 6. The molecule has 0 N–H and O–H groups in total. The first-order chi connectivity index (χ1) is 12.7. The summed E-state index contributed by atoms with van der Waals surface area (Å²) in [6.07, 6.45) is 3.40. The molecule has 0 aromatic carbocycles. The van der Waals surface area contributed by atoms with E-state index >= 15 is 0 Å². The highest BCUT2D eigenvalue weighted by molar-refractivity contribution is 6.12. The van der Waals surface area contributed by atoms with Gasteiger partial charge in [0, 0.05) is 25.1 Å². The van der Waals surface area contributed by atoms with Crippen molar-refractivity contribution in [2.24, 2.45) is 11.8 Å². The van der Waals surface area contributed by atoms with Crippen LogP contribution in [0.15, 0.2) is 12.2 Å². The summed E-state index contributed by atoms with van der Waals surface area (Å²) in [5, 5.41) is 0. The number of hydrogen-bond donors (Lipinski definition) is 0. The zero-order valence-corrected chi connectivity index (χ0v) is 18.8. The fraction of sp³-hybridized carbons (Fsp3) is 0.810. The Morgan fingerprint density at radius 3 is 1.54 bits per heavy atom. The fourth-order valence-corrected chi connectivity index (χ4v) is 1.89. The van der Waals surface area contributed by atoms with Crippen LogP contribution < -0.4 is 0 Å². The van der Waals surface area contributed by atoms with Crippen molar-refractivity contribution in [3.05, 3.63) is 12.2 Å². The summed E-state index contributed by atoms with van der Waals surface area (Å²) < 4.78 is 0. The Bertz CT molecular complexity index is 537. The first kappa shape index (κ1) is 24.8. The van der Waals surface area contributed by atoms with Gasteiger partial charge in [0.1, 0.15) is 11.2 Å². The van der Waals surface area contributed by atoms with Gasteiger partial charge in [-0.15, -0.1) is 0 Å². The third kappa shape index (κ3) is 6.95. The molecule has 7 heteroatoms. The van der Waals surface area contributed by atoms with E-state index in [0.717, 1.165) is 0 Å². The molecule has 1 rings (SSSR count). The minimum absolute atomic E-state index is 0.218. The van der Waals surface area contributed by atoms with Crippen molar-refractivity contribution in [1.82, 2.24) is 4.90 Å². The molecule has 0 aromatic rings. The third-order valence-electron chi connectivity index (χ3n) is 5.56. The molecule has 28 heavy (non-hydrogen) atoms. The molecule has 1 aliphatic rings. The maximum absolute atomic E-state index is 11.7. The number of amides is 2. The van der Waals surface area contributed by atoms with Gasteiger partial charge < -0.3 is 0 Å². The lowest BCUT2D eigenvalue weighted by Gasteiger charge is -2.37. The summed E-state index contributed by atoms with van der Waals surface area (Å²) in [5.41, 5.74) is -1.05. The summed E-state index contributed by atoms with van der Waals surface area (Å²) >= 11 is 0. The van der Waals surface area contributed by atoms with E-state index in [2.05, 4.69) is 0 Å². The molecule has 0 aliphatic carbocycles. The average molecular weight is 400 g/mol. The van der Waals surface area contributed by atoms with Crippen LogP contribution in [0.1, 0.15) is 75.2 Å². The number of nitrogens with zero attached hydrogens (tertiary/aromatic N) is 1. The molecule has 0 aromatic heterocycles. The Morgan fingerprint density at radius 1 is 0.786 bits per heavy atom. The molecule has 2 amide bonds. The van der Waals surface area contributed by atoms with Gasteiger partial charge in [-0.3, -0.25) is 14.5 Å². The molecule has 0 saturated heterocycles. The zero-order valence-electron chi connectivity index (χ0n) is 18.8. The zero-order chi connectivity index (χ0) is 21.8. The summed E-state index contributed by atoms with van der Waals surface area (Å²) in [5.74, 6) is -1.37. The Morgan fingerprint density at radius 2 is 1.18 bits per heavy atom. The summed E-state index contributed by atoms with van der Waals surface area (Å²) in [6, 6.07) is 0. The maximum Gasteiger partial charge on any atom is 0.253 e. The summed E-state index contributed by atoms with van der Waals surface area (Å²) in [7, 11) is 0. The molecule has 0 radical (unpaired) electrons. The van der Waals surface area contributed by atoms with Crippen LogP contribution in [-0.2, 0) is 29.1 Å². The molecule has 0 unspecified atom stereocenters. The van der Waals surface area contributed by atoms with Crippen LogP contribution in [0.4, 0.5) is 0 Å². The van der Waals surface area contributed by atoms with Crippen LogP contribution in [0.3, 0.4) is 0 Å². The Hall–Kier alpha value is -1.28. The molecule has 7 nitrogen and oxygen atoms in total. The molecule has 0 fully saturated rings. The Kier molecular flexibility index (Phi) is 8.38. The molecule has 0 spiro atoms. The number of carbonyl (C=O) groups is 2. The van der Waals surface area contributed by atoms with Crippen molar-refractivity contribution in [2.75, 3.05) is 6.54 Å². The third-order valence-corrected chi connectivity index (χ3v) is 5.56. The second-order valence-corrected chi connectivity index (χ2v) is 9.25. The largest absolute Gasteiger partial charge is 0.275 e. The molecule has 0 bridgehead atoms. The Balaban J connectivity index is 2.75. The van der Waals surface area contributed by atoms with E-state index in [1.54, 1.807) is 6.92 Å². The van der Waals surface area contributed by atoms with Crippen molar-refractivity contribution in [3.8, 4) is 0 Å². The topological polar surface area (TPSA) is 74.3 Å². The fourth-order valence-electron chi connectivity index (χ4n) is 1.89. The van der Waals surface area contributed by atoms with Gasteiger partial charge >= 0.3 is 0 Å². The van der Waals surface area contributed by atoms with Gasteiger partial charge in [-0.2, -0.15) is 9.78 Å². The van der Waals surface area contributed by atoms with Gasteiger partial charge in [0.25, 0.3) is 11.8 Å². The summed E-state index contributed by atoms with van der Waals surface area (Å²) in [4.78, 5) is 47.4. The highest BCUT2D eigenvalue weighted by Crippen LogP contribution is 2.30. The minimum atomic E-state index is -1.20. The van der Waals surface area contributed by atoms with Gasteiger partial charge in [-0.05, 0) is 52.9 Å². The first-order valence-electron chi connectivity index (χ1n) is 9.97. The first-order valence-corrected chi connectivity index (χ1v) is 9.97. The van der Waals surface area contributed by atoms with Crippen LogP contribution in [0.5, 0.6) is 0 Å². The van der Waals surface area contributed by atoms with Crippen LogP contribution in [-0.4, -0.2) is 40.2 Å². The van der Waals surface area contributed by atoms with E-state index in [0.29, 0.717) is 12.8 Å². The smallest absolute Gasteiger partial charge is 0.253 e. The van der Waals surface area contributed by atoms with E-state index in [1.807, 2.05) is 55.4 Å². The van der Waals surface area contributed by atoms with Gasteiger partial charge in [-0.1, -0.05) is 27.7 Å². The van der Waals surface area contributed by atoms with E-state index in [4.69, 9.17) is 19.6 Å². The lowest BCUT2D eigenvalue weighted by atomic mass is 9.95. The average Bonchev–Trinajstić information content (AvgIpc) is 2.90. The number of rotatable bonds is 12. The van der Waals surface area contributed by atoms with Crippen molar-refractivity contribution < 1.29 is 29.1 Å². The van der Waals surface area contributed by atoms with Crippen molar-refractivity contribution in [1.29, 1.82) is 0 Å². The van der Waals surface area contributed by atoms with Crippen molar-refractivity contribution in [2.45, 2.75) is 92.1 Å². The second kappa shape index (κ2) is 9.48. The van der Waals surface area contributed by atoms with Crippen LogP contribution in [0.2, 0.25) is 0 Å². The Labute approximate surface area is 169 Å². The summed E-state index contributed by atoms with van der Waals surface area (Å²) in [6.45, 7) is 17.9. The molecule has 1 aliphatic heterocycles. The standard InChI is InChI=1S/C21H37NO6/c1-15(2)19(5,6)25-27-21(9,28-26-20(7,8)16(3)4)13-10-14-22-17(23)11-12-18(22)24/h11-12,15-16H,10,13-14H2,1-9H3. The van der Waals surface area contributed by atoms with Crippen LogP contribution in [0, 0.1) is 11.8 Å². The van der Waals surface area contributed by atoms with Gasteiger partial charge in [0.15, 0.2) is 0 Å². The highest BCUT2D eigenvalue weighted by Gasteiger charge is 2.37. The van der Waals surface area contributed by atoms with Crippen molar-refractivity contribution >= 4 is 11.8 Å². The molecule has 0 atom stereocenters. The van der Waals surface area contributed by atoms with Crippen LogP contribution >= 0.6 is 0 Å². The van der Waals surface area contributed by atoms with E-state index < -0.39 is 17.0 Å². The van der Waals surface area contributed by atoms with Gasteiger partial charge in [0.2, 0.25) is 5.79 Å². The van der Waals surface area contributed by atoms with Crippen LogP contribution in [0.25, 0.3) is 0 Å². The maximum atomic E-state index is 11.7. The molecule has 162 valence electrons. The second-order valence-electron chi connectivity index (χ2n) is 9.25. The normalized spacial score (nSPS) is 16.2. The lowest BCUT2D eigenvalue weighted by Crippen LogP contribution is -2.43. The van der Waals surface area contributed by atoms with Crippen molar-refractivity contribution in [3.63, 3.8) is 0 Å². The van der Waals surface area contributed by atoms with E-state index in [-0.39, 0.29) is 30.2 Å². The molecular weight excluding hydrogens is 362 g/mol. The predicted molar refractivity (Wildman–Crippen MR) is 106 cm³/mol. The van der Waals surface area contributed by atoms with Gasteiger partial charge in [0.05, 0.1) is 0 Å². The molecular formula is C21H37NO6. The molecule has 1 heterocycles. The monoisotopic (exact) mass is 399 g/mol. The molecule has 0 saturated carbocycles. The highest BCUT2D eigenvalue weighted by atomic mass is 17.3. The quantitative estimate of drug-likeness (QED) is 0.212. The lowest BCUT2D eigenvalue weighted by molar-refractivity contribution is -0.544. The predicted octanol–water partition coefficient (Wildman–Crippen LogP) is 4.17.